The Labute approximate surface area is 108 Å². The van der Waals surface area contributed by atoms with Crippen molar-refractivity contribution in [3.8, 4) is 0 Å². The number of pyridine rings is 1. The summed E-state index contributed by atoms with van der Waals surface area (Å²) in [4.78, 5) is 15.7. The minimum atomic E-state index is -0.745. The molecular formula is C12H14BrNO3. The van der Waals surface area contributed by atoms with E-state index in [-0.39, 0.29) is 0 Å². The molecule has 1 fully saturated rings. The van der Waals surface area contributed by atoms with Gasteiger partial charge in [0, 0.05) is 36.0 Å². The molecule has 0 saturated carbocycles. The molecule has 0 spiro atoms. The number of carbonyl (C=O) groups is 1. The zero-order valence-corrected chi connectivity index (χ0v) is 10.9. The third-order valence-electron chi connectivity index (χ3n) is 3.21. The lowest BCUT2D eigenvalue weighted by molar-refractivity contribution is -0.154. The maximum absolute atomic E-state index is 11.5. The highest BCUT2D eigenvalue weighted by Crippen LogP contribution is 2.34. The maximum Gasteiger partial charge on any atom is 0.310 e. The van der Waals surface area contributed by atoms with Gasteiger partial charge in [-0.3, -0.25) is 9.78 Å². The number of carboxylic acid groups (broad SMARTS) is 1. The van der Waals surface area contributed by atoms with Gasteiger partial charge < -0.3 is 9.84 Å². The van der Waals surface area contributed by atoms with Crippen LogP contribution in [0, 0.1) is 5.41 Å². The van der Waals surface area contributed by atoms with E-state index in [1.165, 1.54) is 0 Å². The Morgan fingerprint density at radius 2 is 2.18 bits per heavy atom. The summed E-state index contributed by atoms with van der Waals surface area (Å²) in [6.07, 6.45) is 3.28. The van der Waals surface area contributed by atoms with Gasteiger partial charge in [-0.25, -0.2) is 0 Å². The van der Waals surface area contributed by atoms with Crippen molar-refractivity contribution < 1.29 is 14.6 Å². The lowest BCUT2D eigenvalue weighted by Gasteiger charge is -2.32. The van der Waals surface area contributed by atoms with Gasteiger partial charge in [0.1, 0.15) is 0 Å². The average molecular weight is 300 g/mol. The van der Waals surface area contributed by atoms with Crippen molar-refractivity contribution >= 4 is 21.9 Å². The van der Waals surface area contributed by atoms with Crippen molar-refractivity contribution in [1.29, 1.82) is 0 Å². The number of carboxylic acids is 1. The minimum absolute atomic E-state index is 0.471. The van der Waals surface area contributed by atoms with E-state index in [0.29, 0.717) is 32.5 Å². The molecule has 1 N–H and O–H groups in total. The van der Waals surface area contributed by atoms with E-state index in [1.807, 2.05) is 12.1 Å². The predicted octanol–water partition coefficient (Wildman–Crippen LogP) is 2.27. The molecule has 2 rings (SSSR count). The predicted molar refractivity (Wildman–Crippen MR) is 65.8 cm³/mol. The van der Waals surface area contributed by atoms with Crippen molar-refractivity contribution in [3.05, 3.63) is 28.5 Å². The Balaban J connectivity index is 2.17. The average Bonchev–Trinajstić information content (AvgIpc) is 2.33. The maximum atomic E-state index is 11.5. The number of nitrogens with zero attached hydrogens (tertiary/aromatic N) is 1. The summed E-state index contributed by atoms with van der Waals surface area (Å²) >= 11 is 3.31. The Hall–Kier alpha value is -0.940. The van der Waals surface area contributed by atoms with E-state index in [4.69, 9.17) is 4.74 Å². The highest BCUT2D eigenvalue weighted by atomic mass is 79.9. The summed E-state index contributed by atoms with van der Waals surface area (Å²) in [5.41, 5.74) is 0.108. The molecule has 2 heterocycles. The number of hydrogen-bond donors (Lipinski definition) is 1. The monoisotopic (exact) mass is 299 g/mol. The van der Waals surface area contributed by atoms with Gasteiger partial charge >= 0.3 is 5.97 Å². The molecule has 0 aromatic carbocycles. The molecule has 1 aromatic heterocycles. The first kappa shape index (κ1) is 12.5. The third-order valence-corrected chi connectivity index (χ3v) is 3.68. The van der Waals surface area contributed by atoms with Crippen LogP contribution in [-0.2, 0) is 16.0 Å². The van der Waals surface area contributed by atoms with Gasteiger partial charge in [0.2, 0.25) is 0 Å². The van der Waals surface area contributed by atoms with Crippen LogP contribution >= 0.6 is 15.9 Å². The van der Waals surface area contributed by atoms with Crippen molar-refractivity contribution in [3.63, 3.8) is 0 Å². The molecule has 1 saturated heterocycles. The van der Waals surface area contributed by atoms with E-state index in [1.54, 1.807) is 6.20 Å². The van der Waals surface area contributed by atoms with Gasteiger partial charge in [-0.1, -0.05) is 0 Å². The normalized spacial score (nSPS) is 18.9. The number of hydrogen-bond acceptors (Lipinski definition) is 3. The second-order valence-electron chi connectivity index (χ2n) is 4.34. The Kier molecular flexibility index (Phi) is 3.79. The molecule has 92 valence electrons. The van der Waals surface area contributed by atoms with Crippen molar-refractivity contribution in [2.24, 2.45) is 5.41 Å². The fourth-order valence-corrected chi connectivity index (χ4v) is 2.32. The highest BCUT2D eigenvalue weighted by molar-refractivity contribution is 9.10. The topological polar surface area (TPSA) is 59.4 Å². The Bertz CT molecular complexity index is 399. The minimum Gasteiger partial charge on any atom is -0.481 e. The molecule has 0 aliphatic carbocycles. The molecule has 1 aliphatic rings. The van der Waals surface area contributed by atoms with Crippen LogP contribution in [0.2, 0.25) is 0 Å². The highest BCUT2D eigenvalue weighted by Gasteiger charge is 2.40. The molecule has 5 heteroatoms. The molecule has 17 heavy (non-hydrogen) atoms. The van der Waals surface area contributed by atoms with Crippen LogP contribution in [0.3, 0.4) is 0 Å². The van der Waals surface area contributed by atoms with Gasteiger partial charge in [-0.05, 0) is 40.9 Å². The van der Waals surface area contributed by atoms with E-state index in [9.17, 15) is 9.90 Å². The zero-order chi connectivity index (χ0) is 12.3. The van der Waals surface area contributed by atoms with Gasteiger partial charge in [-0.2, -0.15) is 0 Å². The SMILES string of the molecule is O=C(O)C1(Cc2ccc(Br)cn2)CCOCC1. The van der Waals surface area contributed by atoms with Crippen LogP contribution in [0.4, 0.5) is 0 Å². The smallest absolute Gasteiger partial charge is 0.310 e. The first-order valence-corrected chi connectivity index (χ1v) is 6.33. The van der Waals surface area contributed by atoms with E-state index >= 15 is 0 Å². The molecule has 0 bridgehead atoms. The van der Waals surface area contributed by atoms with Crippen LogP contribution in [0.15, 0.2) is 22.8 Å². The summed E-state index contributed by atoms with van der Waals surface area (Å²) in [6.45, 7) is 1.03. The third kappa shape index (κ3) is 2.84. The summed E-state index contributed by atoms with van der Waals surface area (Å²) in [5.74, 6) is -0.745. The molecule has 1 aliphatic heterocycles. The van der Waals surface area contributed by atoms with Crippen LogP contribution in [0.5, 0.6) is 0 Å². The van der Waals surface area contributed by atoms with E-state index in [2.05, 4.69) is 20.9 Å². The quantitative estimate of drug-likeness (QED) is 0.930. The van der Waals surface area contributed by atoms with Gasteiger partial charge in [0.25, 0.3) is 0 Å². The van der Waals surface area contributed by atoms with Crippen LogP contribution < -0.4 is 0 Å². The summed E-state index contributed by atoms with van der Waals surface area (Å²) in [6, 6.07) is 3.75. The van der Waals surface area contributed by atoms with Gasteiger partial charge in [-0.15, -0.1) is 0 Å². The molecule has 0 amide bonds. The molecule has 0 radical (unpaired) electrons. The lowest BCUT2D eigenvalue weighted by Crippen LogP contribution is -2.39. The summed E-state index contributed by atoms with van der Waals surface area (Å²) < 4.78 is 6.14. The summed E-state index contributed by atoms with van der Waals surface area (Å²) in [5, 5.41) is 9.41. The van der Waals surface area contributed by atoms with E-state index < -0.39 is 11.4 Å². The fourth-order valence-electron chi connectivity index (χ4n) is 2.09. The Morgan fingerprint density at radius 3 is 2.71 bits per heavy atom. The molecular weight excluding hydrogens is 286 g/mol. The molecule has 4 nitrogen and oxygen atoms in total. The number of halogens is 1. The van der Waals surface area contributed by atoms with Crippen molar-refractivity contribution in [2.45, 2.75) is 19.3 Å². The van der Waals surface area contributed by atoms with Crippen LogP contribution in [-0.4, -0.2) is 29.3 Å². The molecule has 0 atom stereocenters. The number of ether oxygens (including phenoxy) is 1. The second-order valence-corrected chi connectivity index (χ2v) is 5.26. The largest absolute Gasteiger partial charge is 0.481 e. The van der Waals surface area contributed by atoms with Crippen LogP contribution in [0.25, 0.3) is 0 Å². The van der Waals surface area contributed by atoms with E-state index in [0.717, 1.165) is 10.2 Å². The first-order chi connectivity index (χ1) is 8.12. The standard InChI is InChI=1S/C12H14BrNO3/c13-9-1-2-10(14-8-9)7-12(11(15)16)3-5-17-6-4-12/h1-2,8H,3-7H2,(H,15,16). The number of aromatic nitrogens is 1. The van der Waals surface area contributed by atoms with Gasteiger partial charge in [0.15, 0.2) is 0 Å². The fraction of sp³-hybridized carbons (Fsp3) is 0.500. The Morgan fingerprint density at radius 1 is 1.47 bits per heavy atom. The first-order valence-electron chi connectivity index (χ1n) is 5.54. The second kappa shape index (κ2) is 5.14. The number of rotatable bonds is 3. The molecule has 0 unspecified atom stereocenters. The molecule has 1 aromatic rings. The number of aliphatic carboxylic acids is 1. The van der Waals surface area contributed by atoms with Crippen molar-refractivity contribution in [2.75, 3.05) is 13.2 Å². The van der Waals surface area contributed by atoms with Crippen LogP contribution in [0.1, 0.15) is 18.5 Å². The lowest BCUT2D eigenvalue weighted by atomic mass is 9.76. The van der Waals surface area contributed by atoms with Crippen molar-refractivity contribution in [1.82, 2.24) is 4.98 Å². The van der Waals surface area contributed by atoms with Gasteiger partial charge in [0.05, 0.1) is 5.41 Å². The zero-order valence-electron chi connectivity index (χ0n) is 9.36. The summed E-state index contributed by atoms with van der Waals surface area (Å²) in [7, 11) is 0.